The summed E-state index contributed by atoms with van der Waals surface area (Å²) < 4.78 is 0. The average molecular weight is 284 g/mol. The second-order valence-electron chi connectivity index (χ2n) is 3.81. The van der Waals surface area contributed by atoms with Gasteiger partial charge in [-0.05, 0) is 29.8 Å². The number of anilines is 1. The number of benzene rings is 2. The number of phenols is 2. The van der Waals surface area contributed by atoms with Crippen molar-refractivity contribution in [1.82, 2.24) is 0 Å². The maximum atomic E-state index is 9.43. The van der Waals surface area contributed by atoms with Crippen molar-refractivity contribution in [1.29, 1.82) is 0 Å². The Labute approximate surface area is 115 Å². The molecule has 3 nitrogen and oxygen atoms in total. The van der Waals surface area contributed by atoms with Crippen molar-refractivity contribution >= 4 is 28.9 Å². The number of nitrogens with one attached hydrogen (secondary N) is 1. The van der Waals surface area contributed by atoms with Gasteiger partial charge >= 0.3 is 0 Å². The topological polar surface area (TPSA) is 52.5 Å². The van der Waals surface area contributed by atoms with E-state index >= 15 is 0 Å². The van der Waals surface area contributed by atoms with Crippen LogP contribution in [-0.4, -0.2) is 10.2 Å². The van der Waals surface area contributed by atoms with Crippen molar-refractivity contribution in [2.75, 3.05) is 5.32 Å². The number of aromatic hydroxyl groups is 2. The Morgan fingerprint density at radius 2 is 1.67 bits per heavy atom. The van der Waals surface area contributed by atoms with Crippen LogP contribution in [0.5, 0.6) is 11.5 Å². The van der Waals surface area contributed by atoms with Crippen molar-refractivity contribution in [2.45, 2.75) is 6.54 Å². The Balaban J connectivity index is 2.11. The molecule has 0 saturated carbocycles. The lowest BCUT2D eigenvalue weighted by molar-refractivity contribution is 0.474. The molecule has 0 aliphatic rings. The van der Waals surface area contributed by atoms with E-state index in [9.17, 15) is 10.2 Å². The molecule has 0 heterocycles. The summed E-state index contributed by atoms with van der Waals surface area (Å²) >= 11 is 11.6. The van der Waals surface area contributed by atoms with Crippen LogP contribution in [0, 0.1) is 0 Å². The number of phenolic OH excluding ortho intramolecular Hbond substituents is 2. The SMILES string of the molecule is Oc1cccc(CNc2cc(Cl)c(O)c(Cl)c2)c1. The molecule has 0 bridgehead atoms. The van der Waals surface area contributed by atoms with Crippen LogP contribution in [-0.2, 0) is 6.54 Å². The highest BCUT2D eigenvalue weighted by molar-refractivity contribution is 6.37. The molecule has 0 radical (unpaired) electrons. The molecular formula is C13H11Cl2NO2. The summed E-state index contributed by atoms with van der Waals surface area (Å²) in [6.07, 6.45) is 0. The fourth-order valence-corrected chi connectivity index (χ4v) is 2.03. The van der Waals surface area contributed by atoms with Gasteiger partial charge in [-0.3, -0.25) is 0 Å². The van der Waals surface area contributed by atoms with Crippen molar-refractivity contribution in [3.63, 3.8) is 0 Å². The highest BCUT2D eigenvalue weighted by Gasteiger charge is 2.06. The highest BCUT2D eigenvalue weighted by atomic mass is 35.5. The van der Waals surface area contributed by atoms with E-state index in [-0.39, 0.29) is 21.5 Å². The molecule has 0 unspecified atom stereocenters. The standard InChI is InChI=1S/C13H11Cl2NO2/c14-11-5-9(6-12(15)13(11)18)16-7-8-2-1-3-10(17)4-8/h1-6,16-18H,7H2. The maximum absolute atomic E-state index is 9.43. The second kappa shape index (κ2) is 5.38. The third-order valence-electron chi connectivity index (χ3n) is 2.42. The Morgan fingerprint density at radius 1 is 1.00 bits per heavy atom. The van der Waals surface area contributed by atoms with Crippen LogP contribution in [0.15, 0.2) is 36.4 Å². The summed E-state index contributed by atoms with van der Waals surface area (Å²) in [6, 6.07) is 10.1. The molecule has 0 aliphatic heterocycles. The number of rotatable bonds is 3. The molecule has 0 amide bonds. The van der Waals surface area contributed by atoms with Gasteiger partial charge in [0.2, 0.25) is 0 Å². The molecule has 94 valence electrons. The molecule has 2 rings (SSSR count). The molecule has 3 N–H and O–H groups in total. The third kappa shape index (κ3) is 3.00. The van der Waals surface area contributed by atoms with Gasteiger partial charge in [-0.2, -0.15) is 0 Å². The Morgan fingerprint density at radius 3 is 2.28 bits per heavy atom. The number of hydrogen-bond acceptors (Lipinski definition) is 3. The molecule has 2 aromatic rings. The van der Waals surface area contributed by atoms with Crippen molar-refractivity contribution in [3.05, 3.63) is 52.0 Å². The lowest BCUT2D eigenvalue weighted by atomic mass is 10.2. The Bertz CT molecular complexity index is 550. The first-order valence-corrected chi connectivity index (χ1v) is 6.01. The van der Waals surface area contributed by atoms with Gasteiger partial charge in [0.15, 0.2) is 5.75 Å². The van der Waals surface area contributed by atoms with Crippen LogP contribution in [0.2, 0.25) is 10.0 Å². The molecule has 0 spiro atoms. The minimum atomic E-state index is -0.124. The van der Waals surface area contributed by atoms with E-state index in [1.165, 1.54) is 0 Å². The first-order valence-electron chi connectivity index (χ1n) is 5.26. The minimum absolute atomic E-state index is 0.124. The lowest BCUT2D eigenvalue weighted by Crippen LogP contribution is -1.99. The number of halogens is 2. The molecule has 0 saturated heterocycles. The smallest absolute Gasteiger partial charge is 0.152 e. The van der Waals surface area contributed by atoms with Gasteiger partial charge in [-0.25, -0.2) is 0 Å². The molecule has 18 heavy (non-hydrogen) atoms. The molecule has 0 aromatic heterocycles. The second-order valence-corrected chi connectivity index (χ2v) is 4.63. The summed E-state index contributed by atoms with van der Waals surface area (Å²) in [5, 5.41) is 22.3. The van der Waals surface area contributed by atoms with Crippen LogP contribution in [0.4, 0.5) is 5.69 Å². The summed E-state index contributed by atoms with van der Waals surface area (Å²) in [7, 11) is 0. The summed E-state index contributed by atoms with van der Waals surface area (Å²) in [6.45, 7) is 0.520. The first-order chi connectivity index (χ1) is 8.56. The van der Waals surface area contributed by atoms with E-state index in [1.807, 2.05) is 6.07 Å². The van der Waals surface area contributed by atoms with E-state index in [0.29, 0.717) is 12.2 Å². The van der Waals surface area contributed by atoms with Crippen LogP contribution in [0.1, 0.15) is 5.56 Å². The summed E-state index contributed by atoms with van der Waals surface area (Å²) in [5.74, 6) is 0.0947. The fourth-order valence-electron chi connectivity index (χ4n) is 1.54. The van der Waals surface area contributed by atoms with Gasteiger partial charge in [0, 0.05) is 12.2 Å². The molecule has 0 atom stereocenters. The van der Waals surface area contributed by atoms with E-state index in [0.717, 1.165) is 5.56 Å². The normalized spacial score (nSPS) is 10.3. The maximum Gasteiger partial charge on any atom is 0.152 e. The van der Waals surface area contributed by atoms with Gasteiger partial charge in [0.05, 0.1) is 10.0 Å². The van der Waals surface area contributed by atoms with E-state index < -0.39 is 0 Å². The Kier molecular flexibility index (Phi) is 3.84. The monoisotopic (exact) mass is 283 g/mol. The van der Waals surface area contributed by atoms with Crippen LogP contribution in [0.3, 0.4) is 0 Å². The van der Waals surface area contributed by atoms with Gasteiger partial charge in [-0.1, -0.05) is 35.3 Å². The molecular weight excluding hydrogens is 273 g/mol. The predicted molar refractivity (Wildman–Crippen MR) is 73.6 cm³/mol. The van der Waals surface area contributed by atoms with Gasteiger partial charge in [-0.15, -0.1) is 0 Å². The minimum Gasteiger partial charge on any atom is -0.508 e. The van der Waals surface area contributed by atoms with Gasteiger partial charge in [0.1, 0.15) is 5.75 Å². The zero-order valence-corrected chi connectivity index (χ0v) is 10.8. The van der Waals surface area contributed by atoms with Crippen LogP contribution >= 0.6 is 23.2 Å². The van der Waals surface area contributed by atoms with Crippen molar-refractivity contribution in [2.24, 2.45) is 0 Å². The zero-order valence-electron chi connectivity index (χ0n) is 9.32. The molecule has 0 aliphatic carbocycles. The van der Waals surface area contributed by atoms with E-state index in [2.05, 4.69) is 5.32 Å². The lowest BCUT2D eigenvalue weighted by Gasteiger charge is -2.09. The van der Waals surface area contributed by atoms with Crippen molar-refractivity contribution in [3.8, 4) is 11.5 Å². The quantitative estimate of drug-likeness (QED) is 0.746. The van der Waals surface area contributed by atoms with E-state index in [1.54, 1.807) is 30.3 Å². The zero-order chi connectivity index (χ0) is 13.1. The first kappa shape index (κ1) is 12.9. The van der Waals surface area contributed by atoms with Crippen molar-refractivity contribution < 1.29 is 10.2 Å². The Hall–Kier alpha value is -1.58. The van der Waals surface area contributed by atoms with Crippen LogP contribution < -0.4 is 5.32 Å². The predicted octanol–water partition coefficient (Wildman–Crippen LogP) is 4.02. The molecule has 0 fully saturated rings. The molecule has 5 heteroatoms. The third-order valence-corrected chi connectivity index (χ3v) is 3.00. The largest absolute Gasteiger partial charge is 0.508 e. The van der Waals surface area contributed by atoms with Crippen LogP contribution in [0.25, 0.3) is 0 Å². The average Bonchev–Trinajstić information content (AvgIpc) is 2.33. The van der Waals surface area contributed by atoms with E-state index in [4.69, 9.17) is 23.2 Å². The van der Waals surface area contributed by atoms with Gasteiger partial charge in [0.25, 0.3) is 0 Å². The summed E-state index contributed by atoms with van der Waals surface area (Å²) in [4.78, 5) is 0. The highest BCUT2D eigenvalue weighted by Crippen LogP contribution is 2.34. The summed E-state index contributed by atoms with van der Waals surface area (Å²) in [5.41, 5.74) is 1.63. The van der Waals surface area contributed by atoms with Gasteiger partial charge < -0.3 is 15.5 Å². The molecule has 2 aromatic carbocycles. The number of hydrogen-bond donors (Lipinski definition) is 3. The fraction of sp³-hybridized carbons (Fsp3) is 0.0769.